The molecule has 5 nitrogen and oxygen atoms in total. The van der Waals surface area contributed by atoms with E-state index in [1.165, 1.54) is 5.69 Å². The van der Waals surface area contributed by atoms with Crippen LogP contribution in [0.1, 0.15) is 19.0 Å². The third-order valence-corrected chi connectivity index (χ3v) is 3.82. The number of hydrogen-bond donors (Lipinski definition) is 1. The lowest BCUT2D eigenvalue weighted by molar-refractivity contribution is 0.196. The molecule has 0 aliphatic heterocycles. The van der Waals surface area contributed by atoms with Gasteiger partial charge in [-0.2, -0.15) is 0 Å². The Morgan fingerprint density at radius 2 is 2.37 bits per heavy atom. The van der Waals surface area contributed by atoms with E-state index in [2.05, 4.69) is 27.9 Å². The molecule has 0 spiro atoms. The lowest BCUT2D eigenvalue weighted by Crippen LogP contribution is -2.24. The SMILES string of the molecule is COCCCN(C)c1nc2sccn2c1CC(C)N. The zero-order valence-corrected chi connectivity index (χ0v) is 12.6. The molecule has 2 aromatic heterocycles. The molecule has 0 saturated carbocycles. The van der Waals surface area contributed by atoms with Crippen molar-refractivity contribution in [3.63, 3.8) is 0 Å². The monoisotopic (exact) mass is 282 g/mol. The zero-order chi connectivity index (χ0) is 13.8. The van der Waals surface area contributed by atoms with Gasteiger partial charge in [-0.15, -0.1) is 11.3 Å². The fourth-order valence-corrected chi connectivity index (χ4v) is 2.90. The number of methoxy groups -OCH3 is 1. The van der Waals surface area contributed by atoms with Gasteiger partial charge in [0, 0.05) is 51.3 Å². The molecule has 2 heterocycles. The lowest BCUT2D eigenvalue weighted by atomic mass is 10.2. The van der Waals surface area contributed by atoms with Gasteiger partial charge in [-0.3, -0.25) is 4.40 Å². The van der Waals surface area contributed by atoms with E-state index in [0.717, 1.165) is 36.8 Å². The minimum atomic E-state index is 0.130. The number of hydrogen-bond acceptors (Lipinski definition) is 5. The Morgan fingerprint density at radius 3 is 3.05 bits per heavy atom. The molecule has 19 heavy (non-hydrogen) atoms. The Hall–Kier alpha value is -1.11. The summed E-state index contributed by atoms with van der Waals surface area (Å²) >= 11 is 1.65. The zero-order valence-electron chi connectivity index (χ0n) is 11.8. The predicted molar refractivity (Wildman–Crippen MR) is 80.2 cm³/mol. The number of fused-ring (bicyclic) bond motifs is 1. The van der Waals surface area contributed by atoms with Crippen LogP contribution in [0.25, 0.3) is 4.96 Å². The normalized spacial score (nSPS) is 13.1. The lowest BCUT2D eigenvalue weighted by Gasteiger charge is -2.18. The third kappa shape index (κ3) is 3.26. The van der Waals surface area contributed by atoms with Gasteiger partial charge >= 0.3 is 0 Å². The van der Waals surface area contributed by atoms with Crippen molar-refractivity contribution in [3.05, 3.63) is 17.3 Å². The van der Waals surface area contributed by atoms with E-state index in [-0.39, 0.29) is 6.04 Å². The number of nitrogens with two attached hydrogens (primary N) is 1. The van der Waals surface area contributed by atoms with Crippen LogP contribution in [0.5, 0.6) is 0 Å². The molecule has 0 bridgehead atoms. The molecule has 0 aliphatic carbocycles. The summed E-state index contributed by atoms with van der Waals surface area (Å²) in [6, 6.07) is 0.130. The second kappa shape index (κ2) is 6.36. The van der Waals surface area contributed by atoms with E-state index in [9.17, 15) is 0 Å². The van der Waals surface area contributed by atoms with Crippen LogP contribution < -0.4 is 10.6 Å². The summed E-state index contributed by atoms with van der Waals surface area (Å²) in [5, 5.41) is 2.06. The average Bonchev–Trinajstić information content (AvgIpc) is 2.91. The predicted octanol–water partition coefficient (Wildman–Crippen LogP) is 1.76. The molecule has 1 unspecified atom stereocenters. The number of nitrogens with zero attached hydrogens (tertiary/aromatic N) is 3. The molecule has 1 atom stereocenters. The van der Waals surface area contributed by atoms with Crippen molar-refractivity contribution in [2.24, 2.45) is 5.73 Å². The van der Waals surface area contributed by atoms with E-state index in [1.54, 1.807) is 18.4 Å². The number of ether oxygens (including phenoxy) is 1. The van der Waals surface area contributed by atoms with E-state index in [0.29, 0.717) is 0 Å². The molecule has 0 saturated heterocycles. The van der Waals surface area contributed by atoms with Gasteiger partial charge in [-0.1, -0.05) is 0 Å². The van der Waals surface area contributed by atoms with E-state index in [4.69, 9.17) is 15.5 Å². The maximum atomic E-state index is 5.96. The summed E-state index contributed by atoms with van der Waals surface area (Å²) in [4.78, 5) is 7.94. The standard InChI is InChI=1S/C13H22N4OS/c1-10(14)9-11-12(16(2)5-4-7-18-3)15-13-17(11)6-8-19-13/h6,8,10H,4-5,7,9,14H2,1-3H3. The summed E-state index contributed by atoms with van der Waals surface area (Å²) in [5.74, 6) is 1.04. The van der Waals surface area contributed by atoms with Gasteiger partial charge in [0.25, 0.3) is 0 Å². The van der Waals surface area contributed by atoms with Gasteiger partial charge in [-0.05, 0) is 13.3 Å². The van der Waals surface area contributed by atoms with Gasteiger partial charge in [0.15, 0.2) is 10.8 Å². The summed E-state index contributed by atoms with van der Waals surface area (Å²) in [5.41, 5.74) is 7.16. The van der Waals surface area contributed by atoms with Gasteiger partial charge in [0.05, 0.1) is 5.69 Å². The molecule has 0 radical (unpaired) electrons. The van der Waals surface area contributed by atoms with Crippen molar-refractivity contribution in [1.82, 2.24) is 9.38 Å². The summed E-state index contributed by atoms with van der Waals surface area (Å²) in [7, 11) is 3.81. The smallest absolute Gasteiger partial charge is 0.195 e. The van der Waals surface area contributed by atoms with Crippen LogP contribution >= 0.6 is 11.3 Å². The van der Waals surface area contributed by atoms with Crippen LogP contribution in [0, 0.1) is 0 Å². The van der Waals surface area contributed by atoms with Gasteiger partial charge < -0.3 is 15.4 Å². The van der Waals surface area contributed by atoms with E-state index < -0.39 is 0 Å². The number of anilines is 1. The van der Waals surface area contributed by atoms with Gasteiger partial charge in [0.1, 0.15) is 0 Å². The highest BCUT2D eigenvalue weighted by molar-refractivity contribution is 7.15. The van der Waals surface area contributed by atoms with Crippen molar-refractivity contribution >= 4 is 22.1 Å². The minimum absolute atomic E-state index is 0.130. The fourth-order valence-electron chi connectivity index (χ4n) is 2.17. The number of aromatic nitrogens is 2. The summed E-state index contributed by atoms with van der Waals surface area (Å²) < 4.78 is 7.25. The second-order valence-electron chi connectivity index (χ2n) is 4.89. The first-order valence-corrected chi connectivity index (χ1v) is 7.41. The summed E-state index contributed by atoms with van der Waals surface area (Å²) in [6.45, 7) is 3.74. The first kappa shape index (κ1) is 14.3. The molecule has 106 valence electrons. The maximum Gasteiger partial charge on any atom is 0.195 e. The van der Waals surface area contributed by atoms with Crippen LogP contribution in [0.15, 0.2) is 11.6 Å². The summed E-state index contributed by atoms with van der Waals surface area (Å²) in [6.07, 6.45) is 3.90. The Kier molecular flexibility index (Phi) is 4.79. The quantitative estimate of drug-likeness (QED) is 0.786. The molecule has 0 amide bonds. The highest BCUT2D eigenvalue weighted by Gasteiger charge is 2.17. The second-order valence-corrected chi connectivity index (χ2v) is 5.76. The van der Waals surface area contributed by atoms with Crippen LogP contribution in [0.2, 0.25) is 0 Å². The topological polar surface area (TPSA) is 55.8 Å². The number of imidazole rings is 1. The fraction of sp³-hybridized carbons (Fsp3) is 0.615. The highest BCUT2D eigenvalue weighted by Crippen LogP contribution is 2.25. The number of thiazole rings is 1. The third-order valence-electron chi connectivity index (χ3n) is 3.06. The molecule has 0 fully saturated rings. The van der Waals surface area contributed by atoms with Crippen LogP contribution in [-0.4, -0.2) is 42.7 Å². The Balaban J connectivity index is 2.22. The first-order valence-electron chi connectivity index (χ1n) is 6.53. The minimum Gasteiger partial charge on any atom is -0.385 e. The highest BCUT2D eigenvalue weighted by atomic mass is 32.1. The molecular weight excluding hydrogens is 260 g/mol. The average molecular weight is 282 g/mol. The molecule has 0 aliphatic rings. The van der Waals surface area contributed by atoms with Crippen molar-refractivity contribution in [1.29, 1.82) is 0 Å². The Labute approximate surface area is 118 Å². The van der Waals surface area contributed by atoms with Gasteiger partial charge in [-0.25, -0.2) is 4.98 Å². The molecule has 2 aromatic rings. The van der Waals surface area contributed by atoms with Crippen LogP contribution in [0.4, 0.5) is 5.82 Å². The van der Waals surface area contributed by atoms with E-state index in [1.807, 2.05) is 6.92 Å². The first-order chi connectivity index (χ1) is 9.13. The van der Waals surface area contributed by atoms with Gasteiger partial charge in [0.2, 0.25) is 0 Å². The number of rotatable bonds is 7. The Bertz CT molecular complexity index is 520. The Morgan fingerprint density at radius 1 is 1.58 bits per heavy atom. The molecule has 0 aromatic carbocycles. The molecule has 6 heteroatoms. The van der Waals surface area contributed by atoms with Crippen molar-refractivity contribution in [3.8, 4) is 0 Å². The van der Waals surface area contributed by atoms with Crippen LogP contribution in [0.3, 0.4) is 0 Å². The van der Waals surface area contributed by atoms with Crippen molar-refractivity contribution in [2.75, 3.05) is 32.2 Å². The molecular formula is C13H22N4OS. The molecule has 2 rings (SSSR count). The van der Waals surface area contributed by atoms with Crippen molar-refractivity contribution in [2.45, 2.75) is 25.8 Å². The molecule has 2 N–H and O–H groups in total. The van der Waals surface area contributed by atoms with Crippen LogP contribution in [-0.2, 0) is 11.2 Å². The maximum absolute atomic E-state index is 5.96. The van der Waals surface area contributed by atoms with Crippen molar-refractivity contribution < 1.29 is 4.74 Å². The van der Waals surface area contributed by atoms with E-state index >= 15 is 0 Å². The largest absolute Gasteiger partial charge is 0.385 e.